The number of carbonyl (C=O) groups is 1. The van der Waals surface area contributed by atoms with Gasteiger partial charge in [0, 0.05) is 12.6 Å². The molecule has 3 N–H and O–H groups in total. The van der Waals surface area contributed by atoms with Gasteiger partial charge in [0.15, 0.2) is 11.2 Å². The summed E-state index contributed by atoms with van der Waals surface area (Å²) in [6.07, 6.45) is 3.01. The minimum Gasteiger partial charge on any atom is -0.479 e. The molecule has 0 aliphatic heterocycles. The van der Waals surface area contributed by atoms with E-state index in [0.29, 0.717) is 29.9 Å². The number of nitrogens with two attached hydrogens (primary N) is 1. The van der Waals surface area contributed by atoms with E-state index in [2.05, 4.69) is 15.0 Å². The predicted molar refractivity (Wildman–Crippen MR) is 123 cm³/mol. The quantitative estimate of drug-likeness (QED) is 0.335. The standard InChI is InChI=1S/C21H27N6O6P/c1-13(20(28)32-3)27(34(29,30)33-16-7-5-4-6-8-16)11-14-9-15(10-14)26-12-23-17-18(26)24-21(22)25-19(17)31-2/h4-8,12-15H,9-11H2,1-3H3,(H,29,30)(H2,22,24,25)/t13-,14?,15?/m0/s1. The maximum Gasteiger partial charge on any atom is 0.459 e. The fourth-order valence-electron chi connectivity index (χ4n) is 4.10. The molecule has 0 spiro atoms. The Morgan fingerprint density at radius 3 is 2.65 bits per heavy atom. The highest BCUT2D eigenvalue weighted by atomic mass is 31.2. The topological polar surface area (TPSA) is 155 Å². The van der Waals surface area contributed by atoms with Gasteiger partial charge in [0.1, 0.15) is 11.8 Å². The molecule has 1 aliphatic rings. The van der Waals surface area contributed by atoms with Crippen LogP contribution in [0.5, 0.6) is 11.6 Å². The first kappa shape index (κ1) is 23.9. The normalized spacial score (nSPS) is 20.4. The first-order valence-corrected chi connectivity index (χ1v) is 12.2. The molecule has 1 aliphatic carbocycles. The second-order valence-corrected chi connectivity index (χ2v) is 9.80. The highest BCUT2D eigenvalue weighted by Crippen LogP contribution is 2.51. The highest BCUT2D eigenvalue weighted by Gasteiger charge is 2.43. The maximum atomic E-state index is 13.2. The summed E-state index contributed by atoms with van der Waals surface area (Å²) in [7, 11) is -1.63. The van der Waals surface area contributed by atoms with Crippen molar-refractivity contribution < 1.29 is 28.3 Å². The van der Waals surface area contributed by atoms with Crippen LogP contribution in [0.4, 0.5) is 5.95 Å². The molecule has 1 saturated carbocycles. The van der Waals surface area contributed by atoms with Gasteiger partial charge in [-0.25, -0.2) is 9.55 Å². The summed E-state index contributed by atoms with van der Waals surface area (Å²) in [5.41, 5.74) is 6.87. The maximum absolute atomic E-state index is 13.2. The second kappa shape index (κ2) is 9.57. The zero-order valence-corrected chi connectivity index (χ0v) is 20.0. The van der Waals surface area contributed by atoms with Crippen LogP contribution in [0, 0.1) is 5.92 Å². The van der Waals surface area contributed by atoms with Gasteiger partial charge in [0.05, 0.1) is 20.5 Å². The molecule has 2 heterocycles. The molecule has 4 rings (SSSR count). The third-order valence-electron chi connectivity index (χ3n) is 5.93. The number of anilines is 1. The minimum absolute atomic E-state index is 0.0236. The van der Waals surface area contributed by atoms with Gasteiger partial charge >= 0.3 is 13.7 Å². The van der Waals surface area contributed by atoms with Crippen LogP contribution >= 0.6 is 7.75 Å². The molecule has 2 aromatic heterocycles. The molecule has 13 heteroatoms. The van der Waals surface area contributed by atoms with Crippen LogP contribution in [0.15, 0.2) is 36.7 Å². The van der Waals surface area contributed by atoms with Crippen molar-refractivity contribution in [3.05, 3.63) is 36.7 Å². The molecule has 1 unspecified atom stereocenters. The van der Waals surface area contributed by atoms with Crippen molar-refractivity contribution in [3.8, 4) is 11.6 Å². The lowest BCUT2D eigenvalue weighted by Gasteiger charge is -2.40. The lowest BCUT2D eigenvalue weighted by Crippen LogP contribution is -2.44. The van der Waals surface area contributed by atoms with Gasteiger partial charge in [-0.15, -0.1) is 0 Å². The van der Waals surface area contributed by atoms with Crippen molar-refractivity contribution >= 4 is 30.8 Å². The number of aromatic nitrogens is 4. The number of rotatable bonds is 9. The Kier molecular flexibility index (Phi) is 6.74. The summed E-state index contributed by atoms with van der Waals surface area (Å²) in [4.78, 5) is 35.7. The van der Waals surface area contributed by atoms with Crippen molar-refractivity contribution in [2.45, 2.75) is 31.8 Å². The molecule has 0 radical (unpaired) electrons. The number of nitrogen functional groups attached to an aromatic ring is 1. The molecule has 3 aromatic rings. The van der Waals surface area contributed by atoms with Crippen molar-refractivity contribution in [1.82, 2.24) is 24.2 Å². The Morgan fingerprint density at radius 1 is 1.29 bits per heavy atom. The molecule has 182 valence electrons. The van der Waals surface area contributed by atoms with Gasteiger partial charge in [-0.3, -0.25) is 4.79 Å². The number of nitrogens with zero attached hydrogens (tertiary/aromatic N) is 5. The Morgan fingerprint density at radius 2 is 2.00 bits per heavy atom. The summed E-state index contributed by atoms with van der Waals surface area (Å²) in [5.74, 6) is 0.0176. The number of esters is 1. The van der Waals surface area contributed by atoms with Gasteiger partial charge in [-0.1, -0.05) is 18.2 Å². The Hall–Kier alpha value is -3.21. The fourth-order valence-corrected chi connectivity index (χ4v) is 5.57. The van der Waals surface area contributed by atoms with Crippen LogP contribution in [0.2, 0.25) is 0 Å². The smallest absolute Gasteiger partial charge is 0.459 e. The van der Waals surface area contributed by atoms with Gasteiger partial charge in [-0.05, 0) is 37.8 Å². The summed E-state index contributed by atoms with van der Waals surface area (Å²) < 4.78 is 31.8. The zero-order valence-electron chi connectivity index (χ0n) is 19.1. The first-order chi connectivity index (χ1) is 16.2. The van der Waals surface area contributed by atoms with E-state index in [-0.39, 0.29) is 30.2 Å². The molecule has 0 saturated heterocycles. The molecular weight excluding hydrogens is 463 g/mol. The van der Waals surface area contributed by atoms with Crippen LogP contribution in [0.25, 0.3) is 11.2 Å². The molecular formula is C21H27N6O6P. The van der Waals surface area contributed by atoms with E-state index >= 15 is 0 Å². The molecule has 2 atom stereocenters. The average Bonchev–Trinajstić information content (AvgIpc) is 3.20. The van der Waals surface area contributed by atoms with Crippen molar-refractivity contribution in [3.63, 3.8) is 0 Å². The zero-order chi connectivity index (χ0) is 24.5. The van der Waals surface area contributed by atoms with Crippen LogP contribution in [-0.2, 0) is 14.1 Å². The number of imidazole rings is 1. The lowest BCUT2D eigenvalue weighted by molar-refractivity contribution is -0.145. The molecule has 34 heavy (non-hydrogen) atoms. The number of ether oxygens (including phenoxy) is 2. The molecule has 12 nitrogen and oxygen atoms in total. The van der Waals surface area contributed by atoms with Crippen molar-refractivity contribution in [1.29, 1.82) is 0 Å². The predicted octanol–water partition coefficient (Wildman–Crippen LogP) is 2.41. The monoisotopic (exact) mass is 490 g/mol. The summed E-state index contributed by atoms with van der Waals surface area (Å²) in [6, 6.07) is 7.39. The SMILES string of the molecule is COC(=O)[C@H](C)N(CC1CC(n2cnc3c(OC)nc(N)nc32)C1)P(=O)(O)Oc1ccccc1. The Labute approximate surface area is 196 Å². The molecule has 0 bridgehead atoms. The number of carbonyl (C=O) groups excluding carboxylic acids is 1. The van der Waals surface area contributed by atoms with Gasteiger partial charge in [0.25, 0.3) is 0 Å². The molecule has 1 aromatic carbocycles. The second-order valence-electron chi connectivity index (χ2n) is 8.12. The summed E-state index contributed by atoms with van der Waals surface area (Å²) in [5, 5.41) is 0. The van der Waals surface area contributed by atoms with Gasteiger partial charge in [0.2, 0.25) is 11.8 Å². The van der Waals surface area contributed by atoms with Gasteiger partial charge < -0.3 is 29.2 Å². The largest absolute Gasteiger partial charge is 0.479 e. The lowest BCUT2D eigenvalue weighted by atomic mass is 9.80. The average molecular weight is 490 g/mol. The third-order valence-corrected chi connectivity index (χ3v) is 7.54. The summed E-state index contributed by atoms with van der Waals surface area (Å²) in [6.45, 7) is 1.69. The number of fused-ring (bicyclic) bond motifs is 1. The Bertz CT molecular complexity index is 1220. The van der Waals surface area contributed by atoms with Crippen molar-refractivity contribution in [2.24, 2.45) is 5.92 Å². The van der Waals surface area contributed by atoms with E-state index in [0.717, 1.165) is 0 Å². The molecule has 0 amide bonds. The van der Waals surface area contributed by atoms with E-state index in [1.807, 2.05) is 4.57 Å². The minimum atomic E-state index is -4.36. The molecule has 1 fully saturated rings. The van der Waals surface area contributed by atoms with Crippen LogP contribution in [-0.4, -0.2) is 61.9 Å². The van der Waals surface area contributed by atoms with Gasteiger partial charge in [-0.2, -0.15) is 14.6 Å². The van der Waals surface area contributed by atoms with E-state index < -0.39 is 19.8 Å². The third kappa shape index (κ3) is 4.70. The number of para-hydroxylation sites is 1. The van der Waals surface area contributed by atoms with Crippen LogP contribution in [0.1, 0.15) is 25.8 Å². The van der Waals surface area contributed by atoms with E-state index in [9.17, 15) is 14.3 Å². The number of hydrogen-bond acceptors (Lipinski definition) is 9. The van der Waals surface area contributed by atoms with Crippen LogP contribution in [0.3, 0.4) is 0 Å². The van der Waals surface area contributed by atoms with Crippen LogP contribution < -0.4 is 15.0 Å². The summed E-state index contributed by atoms with van der Waals surface area (Å²) >= 11 is 0. The number of benzene rings is 1. The van der Waals surface area contributed by atoms with E-state index in [1.165, 1.54) is 25.8 Å². The van der Waals surface area contributed by atoms with Crippen molar-refractivity contribution in [2.75, 3.05) is 26.5 Å². The first-order valence-electron chi connectivity index (χ1n) is 10.7. The number of hydrogen-bond donors (Lipinski definition) is 2. The number of methoxy groups -OCH3 is 2. The highest BCUT2D eigenvalue weighted by molar-refractivity contribution is 7.50. The van der Waals surface area contributed by atoms with E-state index in [4.69, 9.17) is 19.7 Å². The van der Waals surface area contributed by atoms with E-state index in [1.54, 1.807) is 36.7 Å². The Balaban J connectivity index is 1.50. The fraction of sp³-hybridized carbons (Fsp3) is 0.429.